The normalized spacial score (nSPS) is 34.8. The van der Waals surface area contributed by atoms with E-state index in [0.29, 0.717) is 12.2 Å². The van der Waals surface area contributed by atoms with Crippen molar-refractivity contribution in [1.29, 1.82) is 0 Å². The number of ether oxygens (including phenoxy) is 2. The van der Waals surface area contributed by atoms with Crippen LogP contribution in [0, 0.1) is 5.92 Å². The van der Waals surface area contributed by atoms with Gasteiger partial charge in [0.1, 0.15) is 113 Å². The van der Waals surface area contributed by atoms with Crippen LogP contribution < -0.4 is 0 Å². The molecule has 0 bridgehead atoms. The number of ketones is 4. The molecule has 2 aliphatic heterocycles. The molecule has 2 aromatic carbocycles. The molecule has 0 saturated carbocycles. The van der Waals surface area contributed by atoms with Gasteiger partial charge in [0, 0.05) is 0 Å². The zero-order valence-corrected chi connectivity index (χ0v) is 34.7. The van der Waals surface area contributed by atoms with E-state index >= 15 is 0 Å². The molecule has 17 N–H and O–H groups in total. The number of carbonyl (C=O) groups excluding carboxylic acids is 4. The minimum Gasteiger partial charge on any atom is -0.508 e. The van der Waals surface area contributed by atoms with Crippen molar-refractivity contribution in [2.24, 2.45) is 5.92 Å². The lowest BCUT2D eigenvalue weighted by molar-refractivity contribution is -0.260. The molecule has 0 spiro atoms. The van der Waals surface area contributed by atoms with E-state index in [9.17, 15) is 111 Å². The smallest absolute Gasteiger partial charge is 0.316 e. The lowest BCUT2D eigenvalue weighted by Gasteiger charge is -2.48. The van der Waals surface area contributed by atoms with Crippen molar-refractivity contribution in [3.63, 3.8) is 0 Å². The maximum absolute atomic E-state index is 14.8. The van der Waals surface area contributed by atoms with Gasteiger partial charge in [-0.1, -0.05) is 36.4 Å². The standard InChI is InChI=1S/C44H44O24/c45-13-21-28(51)32(55)34(57)40(67-21)43(65)36(59)23(19(49)11-5-15-1-7-17(47)8-2-15)30(53)26(38(43)61)25(42(63)64)27-31(54)24(20(50)12-6-16-3-9-18(48)10-4-16)37(60)44(66,39(27)62)41-35(58)33(56)29(52)22(14-46)68-41/h1-12,21-22,25,28-29,32-35,40-41,45-58,65-66H,13-14H2,(H,63,64)/t21-,22-,25?,28-,29-,32+,33+,34-,35-,40-,41-,43+,44+/m1/s1. The van der Waals surface area contributed by atoms with Gasteiger partial charge in [-0.25, -0.2) is 0 Å². The Kier molecular flexibility index (Phi) is 14.3. The first-order chi connectivity index (χ1) is 31.9. The summed E-state index contributed by atoms with van der Waals surface area (Å²) in [5, 5.41) is 186. The number of benzene rings is 2. The minimum absolute atomic E-state index is 0.143. The highest BCUT2D eigenvalue weighted by molar-refractivity contribution is 6.32. The SMILES string of the molecule is O=C(O)C(C1=C(O)C(=C(O)C=Cc2ccc(O)cc2)C(=O)[C@@](O)([C@@H]2O[C@H](CO)[C@@H](O)[C@H](O)[C@H]2O)C1=O)C1=C(O)C(=C(O)C=Cc2ccc(O)cc2)C(=O)[C@@](O)([C@@H]2O[C@H](CO)[C@@H](O)[C@H](O)[C@H]2O)C1=O. The van der Waals surface area contributed by atoms with Crippen molar-refractivity contribution in [2.45, 2.75) is 72.2 Å². The summed E-state index contributed by atoms with van der Waals surface area (Å²) in [7, 11) is 0. The van der Waals surface area contributed by atoms with Crippen molar-refractivity contribution in [2.75, 3.05) is 13.2 Å². The summed E-state index contributed by atoms with van der Waals surface area (Å²) in [5.41, 5.74) is -15.2. The molecule has 2 aliphatic carbocycles. The summed E-state index contributed by atoms with van der Waals surface area (Å²) in [6.07, 6.45) is -21.5. The van der Waals surface area contributed by atoms with Gasteiger partial charge in [-0.05, 0) is 47.5 Å². The Morgan fingerprint density at radius 3 is 1.15 bits per heavy atom. The quantitative estimate of drug-likeness (QED) is 0.0584. The summed E-state index contributed by atoms with van der Waals surface area (Å²) in [6, 6.07) is 9.68. The van der Waals surface area contributed by atoms with E-state index in [-0.39, 0.29) is 22.6 Å². The van der Waals surface area contributed by atoms with Crippen LogP contribution in [0.5, 0.6) is 11.5 Å². The average Bonchev–Trinajstić information content (AvgIpc) is 3.30. The maximum Gasteiger partial charge on any atom is 0.316 e. The molecule has 364 valence electrons. The van der Waals surface area contributed by atoms with Crippen molar-refractivity contribution in [3.05, 3.63) is 117 Å². The third-order valence-corrected chi connectivity index (χ3v) is 11.9. The van der Waals surface area contributed by atoms with Crippen molar-refractivity contribution in [3.8, 4) is 11.5 Å². The summed E-state index contributed by atoms with van der Waals surface area (Å²) in [6.45, 7) is -2.51. The third-order valence-electron chi connectivity index (χ3n) is 11.9. The Morgan fingerprint density at radius 2 is 0.853 bits per heavy atom. The van der Waals surface area contributed by atoms with Crippen LogP contribution >= 0.6 is 0 Å². The molecule has 2 aromatic rings. The number of aromatic hydroxyl groups is 2. The van der Waals surface area contributed by atoms with Crippen LogP contribution in [0.2, 0.25) is 0 Å². The molecular formula is C44H44O24. The van der Waals surface area contributed by atoms with Gasteiger partial charge in [0.15, 0.2) is 0 Å². The Balaban J connectivity index is 1.68. The van der Waals surface area contributed by atoms with Gasteiger partial charge >= 0.3 is 5.97 Å². The van der Waals surface area contributed by atoms with Gasteiger partial charge in [-0.15, -0.1) is 0 Å². The van der Waals surface area contributed by atoms with Crippen LogP contribution in [0.1, 0.15) is 11.1 Å². The second-order valence-corrected chi connectivity index (χ2v) is 16.0. The van der Waals surface area contributed by atoms with E-state index in [1.807, 2.05) is 0 Å². The number of phenolic OH excluding ortho intramolecular Hbond substituents is 2. The summed E-state index contributed by atoms with van der Waals surface area (Å²) in [4.78, 5) is 72.1. The van der Waals surface area contributed by atoms with E-state index in [1.165, 1.54) is 48.5 Å². The topological polar surface area (TPSA) is 448 Å². The average molecular weight is 957 g/mol. The maximum atomic E-state index is 14.8. The highest BCUT2D eigenvalue weighted by atomic mass is 16.6. The number of rotatable bonds is 11. The number of aliphatic hydroxyl groups excluding tert-OH is 12. The van der Waals surface area contributed by atoms with Gasteiger partial charge in [-0.2, -0.15) is 0 Å². The van der Waals surface area contributed by atoms with Crippen LogP contribution in [-0.2, 0) is 33.4 Å². The van der Waals surface area contributed by atoms with Crippen molar-refractivity contribution in [1.82, 2.24) is 0 Å². The van der Waals surface area contributed by atoms with Gasteiger partial charge < -0.3 is 96.3 Å². The van der Waals surface area contributed by atoms with Crippen molar-refractivity contribution >= 4 is 41.3 Å². The van der Waals surface area contributed by atoms with E-state index in [4.69, 9.17) is 9.47 Å². The van der Waals surface area contributed by atoms with Gasteiger partial charge in [0.25, 0.3) is 0 Å². The highest BCUT2D eigenvalue weighted by Crippen LogP contribution is 2.47. The number of Topliss-reactive ketones (excluding diaryl/α,β-unsaturated/α-hetero) is 4. The number of hydrogen-bond donors (Lipinski definition) is 17. The number of aliphatic hydroxyl groups is 14. The molecule has 2 saturated heterocycles. The molecule has 68 heavy (non-hydrogen) atoms. The van der Waals surface area contributed by atoms with E-state index in [2.05, 4.69) is 0 Å². The number of hydrogen-bond acceptors (Lipinski definition) is 23. The molecule has 6 rings (SSSR count). The molecule has 2 fully saturated rings. The lowest BCUT2D eigenvalue weighted by atomic mass is 9.64. The Labute approximate surface area is 381 Å². The molecule has 0 amide bonds. The van der Waals surface area contributed by atoms with Gasteiger partial charge in [0.2, 0.25) is 34.3 Å². The molecular weight excluding hydrogens is 912 g/mol. The number of carbonyl (C=O) groups is 5. The minimum atomic E-state index is -4.19. The number of allylic oxidation sites excluding steroid dienone is 4. The summed E-state index contributed by atoms with van der Waals surface area (Å²) < 4.78 is 10.6. The first-order valence-electron chi connectivity index (χ1n) is 20.0. The molecule has 24 nitrogen and oxygen atoms in total. The summed E-state index contributed by atoms with van der Waals surface area (Å²) >= 11 is 0. The first-order valence-corrected chi connectivity index (χ1v) is 20.0. The molecule has 0 aromatic heterocycles. The molecule has 4 aliphatic rings. The molecule has 24 heteroatoms. The fraction of sp³-hybridized carbons (Fsp3) is 0.341. The lowest BCUT2D eigenvalue weighted by Crippen LogP contribution is -2.72. The highest BCUT2D eigenvalue weighted by Gasteiger charge is 2.68. The number of phenols is 2. The van der Waals surface area contributed by atoms with Gasteiger partial charge in [0.05, 0.1) is 24.4 Å². The van der Waals surface area contributed by atoms with Crippen molar-refractivity contribution < 1.29 is 120 Å². The third kappa shape index (κ3) is 8.37. The fourth-order valence-corrected chi connectivity index (χ4v) is 8.20. The van der Waals surface area contributed by atoms with E-state index in [0.717, 1.165) is 12.2 Å². The Bertz CT molecular complexity index is 2400. The largest absolute Gasteiger partial charge is 0.508 e. The van der Waals surface area contributed by atoms with E-state index < -0.39 is 166 Å². The molecule has 0 radical (unpaired) electrons. The number of carboxylic acid groups (broad SMARTS) is 1. The number of aliphatic carboxylic acids is 1. The monoisotopic (exact) mass is 956 g/mol. The van der Waals surface area contributed by atoms with Crippen LogP contribution in [0.15, 0.2) is 106 Å². The molecule has 0 unspecified atom stereocenters. The Hall–Kier alpha value is -6.65. The van der Waals surface area contributed by atoms with Crippen LogP contribution in [0.25, 0.3) is 12.2 Å². The first kappa shape index (κ1) is 50.8. The predicted octanol–water partition coefficient (Wildman–Crippen LogP) is -3.78. The second kappa shape index (κ2) is 19.2. The van der Waals surface area contributed by atoms with Crippen LogP contribution in [0.3, 0.4) is 0 Å². The number of carboxylic acids is 1. The second-order valence-electron chi connectivity index (χ2n) is 16.0. The predicted molar refractivity (Wildman–Crippen MR) is 221 cm³/mol. The molecule has 12 atom stereocenters. The van der Waals surface area contributed by atoms with E-state index in [1.54, 1.807) is 0 Å². The Morgan fingerprint density at radius 1 is 0.529 bits per heavy atom. The zero-order valence-electron chi connectivity index (χ0n) is 34.7. The zero-order chi connectivity index (χ0) is 50.5. The van der Waals surface area contributed by atoms with Crippen LogP contribution in [-0.4, -0.2) is 201 Å². The van der Waals surface area contributed by atoms with Crippen LogP contribution in [0.4, 0.5) is 0 Å². The summed E-state index contributed by atoms with van der Waals surface area (Å²) in [5.74, 6) is -22.2. The van der Waals surface area contributed by atoms with Gasteiger partial charge in [-0.3, -0.25) is 24.0 Å². The molecule has 2 heterocycles. The fourth-order valence-electron chi connectivity index (χ4n) is 8.20.